The van der Waals surface area contributed by atoms with E-state index in [9.17, 15) is 4.79 Å². The number of ether oxygens (including phenoxy) is 1. The Kier molecular flexibility index (Phi) is 4.75. The van der Waals surface area contributed by atoms with Crippen molar-refractivity contribution in [2.75, 3.05) is 6.61 Å². The van der Waals surface area contributed by atoms with E-state index < -0.39 is 0 Å². The van der Waals surface area contributed by atoms with Crippen molar-refractivity contribution >= 4 is 5.91 Å². The quantitative estimate of drug-likeness (QED) is 0.871. The average Bonchev–Trinajstić information content (AvgIpc) is 3.22. The Bertz CT molecular complexity index is 608. The minimum atomic E-state index is -0.0949. The summed E-state index contributed by atoms with van der Waals surface area (Å²) >= 11 is 0. The van der Waals surface area contributed by atoms with Crippen molar-refractivity contribution in [3.8, 4) is 0 Å². The number of amides is 1. The van der Waals surface area contributed by atoms with Gasteiger partial charge in [-0.1, -0.05) is 11.2 Å². The van der Waals surface area contributed by atoms with Crippen LogP contribution in [0.25, 0.3) is 0 Å². The zero-order chi connectivity index (χ0) is 15.2. The topological polar surface area (TPSA) is 90.1 Å². The number of nitrogens with one attached hydrogen (secondary N) is 1. The maximum Gasteiger partial charge on any atom is 0.255 e. The van der Waals surface area contributed by atoms with E-state index >= 15 is 0 Å². The van der Waals surface area contributed by atoms with E-state index in [1.165, 1.54) is 0 Å². The Morgan fingerprint density at radius 3 is 3.18 bits per heavy atom. The van der Waals surface area contributed by atoms with Crippen LogP contribution in [0.5, 0.6) is 0 Å². The van der Waals surface area contributed by atoms with Gasteiger partial charge in [0, 0.05) is 25.4 Å². The predicted molar refractivity (Wildman–Crippen MR) is 76.6 cm³/mol. The van der Waals surface area contributed by atoms with Crippen LogP contribution in [0.2, 0.25) is 0 Å². The van der Waals surface area contributed by atoms with E-state index in [1.807, 2.05) is 12.1 Å². The van der Waals surface area contributed by atoms with Crippen LogP contribution in [0.1, 0.15) is 42.6 Å². The van der Waals surface area contributed by atoms with E-state index in [4.69, 9.17) is 9.26 Å². The second-order valence-corrected chi connectivity index (χ2v) is 5.19. The maximum atomic E-state index is 11.8. The second-order valence-electron chi connectivity index (χ2n) is 5.19. The molecule has 0 spiro atoms. The molecule has 3 rings (SSSR count). The van der Waals surface area contributed by atoms with Crippen molar-refractivity contribution in [3.63, 3.8) is 0 Å². The molecule has 0 aliphatic carbocycles. The van der Waals surface area contributed by atoms with Gasteiger partial charge in [-0.15, -0.1) is 0 Å². The van der Waals surface area contributed by atoms with Gasteiger partial charge in [0.05, 0.1) is 6.54 Å². The molecule has 3 heterocycles. The van der Waals surface area contributed by atoms with E-state index in [0.29, 0.717) is 24.6 Å². The van der Waals surface area contributed by atoms with Crippen molar-refractivity contribution in [2.45, 2.75) is 38.3 Å². The minimum Gasteiger partial charge on any atom is -0.368 e. The molecule has 0 unspecified atom stereocenters. The van der Waals surface area contributed by atoms with Crippen molar-refractivity contribution in [1.29, 1.82) is 0 Å². The largest absolute Gasteiger partial charge is 0.368 e. The lowest BCUT2D eigenvalue weighted by molar-refractivity contribution is -0.121. The number of aryl methyl sites for hydroxylation is 1. The van der Waals surface area contributed by atoms with Crippen LogP contribution in [0.15, 0.2) is 29.0 Å². The smallest absolute Gasteiger partial charge is 0.255 e. The number of nitrogens with zero attached hydrogens (tertiary/aromatic N) is 3. The van der Waals surface area contributed by atoms with Gasteiger partial charge in [-0.2, -0.15) is 4.98 Å². The third kappa shape index (κ3) is 3.88. The van der Waals surface area contributed by atoms with Crippen molar-refractivity contribution < 1.29 is 14.1 Å². The summed E-state index contributed by atoms with van der Waals surface area (Å²) in [5.74, 6) is 0.921. The predicted octanol–water partition coefficient (Wildman–Crippen LogP) is 1.57. The molecule has 1 N–H and O–H groups in total. The highest BCUT2D eigenvalue weighted by Gasteiger charge is 2.23. The fraction of sp³-hybridized carbons (Fsp3) is 0.467. The number of carbonyl (C=O) groups excluding carboxylic acids is 1. The Labute approximate surface area is 128 Å². The van der Waals surface area contributed by atoms with Gasteiger partial charge >= 0.3 is 0 Å². The molecule has 22 heavy (non-hydrogen) atoms. The first-order valence-electron chi connectivity index (χ1n) is 7.41. The molecule has 0 saturated carbocycles. The molecule has 1 aliphatic rings. The standard InChI is InChI=1S/C15H18N4O3/c20-14(6-5-11-3-1-7-16-9-11)17-10-13-18-15(22-19-13)12-4-2-8-21-12/h1,3,7,9,12H,2,4-6,8,10H2,(H,17,20)/t12-/m0/s1. The molecule has 0 bridgehead atoms. The van der Waals surface area contributed by atoms with Crippen LogP contribution >= 0.6 is 0 Å². The number of carbonyl (C=O) groups is 1. The van der Waals surface area contributed by atoms with Crippen LogP contribution < -0.4 is 5.32 Å². The van der Waals surface area contributed by atoms with Gasteiger partial charge in [0.15, 0.2) is 5.82 Å². The van der Waals surface area contributed by atoms with Crippen molar-refractivity contribution in [3.05, 3.63) is 41.8 Å². The van der Waals surface area contributed by atoms with Crippen LogP contribution in [-0.4, -0.2) is 27.6 Å². The fourth-order valence-electron chi connectivity index (χ4n) is 2.31. The van der Waals surface area contributed by atoms with Crippen molar-refractivity contribution in [2.24, 2.45) is 0 Å². The maximum absolute atomic E-state index is 11.8. The van der Waals surface area contributed by atoms with Gasteiger partial charge in [0.25, 0.3) is 5.89 Å². The number of hydrogen-bond donors (Lipinski definition) is 1. The van der Waals surface area contributed by atoms with E-state index in [2.05, 4.69) is 20.4 Å². The summed E-state index contributed by atoms with van der Waals surface area (Å²) in [4.78, 5) is 20.1. The first-order chi connectivity index (χ1) is 10.8. The molecule has 2 aromatic heterocycles. The molecule has 116 valence electrons. The van der Waals surface area contributed by atoms with Gasteiger partial charge < -0.3 is 14.6 Å². The third-order valence-corrected chi connectivity index (χ3v) is 3.50. The molecule has 2 aromatic rings. The SMILES string of the molecule is O=C(CCc1cccnc1)NCc1noc([C@@H]2CCCO2)n1. The van der Waals surface area contributed by atoms with Gasteiger partial charge in [-0.3, -0.25) is 9.78 Å². The first-order valence-corrected chi connectivity index (χ1v) is 7.41. The number of pyridine rings is 1. The lowest BCUT2D eigenvalue weighted by Gasteiger charge is -2.02. The Morgan fingerprint density at radius 2 is 2.41 bits per heavy atom. The minimum absolute atomic E-state index is 0.0488. The molecular weight excluding hydrogens is 284 g/mol. The molecule has 0 aromatic carbocycles. The van der Waals surface area contributed by atoms with Crippen LogP contribution in [0.4, 0.5) is 0 Å². The van der Waals surface area contributed by atoms with E-state index in [1.54, 1.807) is 12.4 Å². The third-order valence-electron chi connectivity index (χ3n) is 3.50. The molecule has 1 aliphatic heterocycles. The summed E-state index contributed by atoms with van der Waals surface area (Å²) in [6.45, 7) is 0.996. The molecule has 1 amide bonds. The lowest BCUT2D eigenvalue weighted by atomic mass is 10.1. The second kappa shape index (κ2) is 7.13. The highest BCUT2D eigenvalue weighted by Crippen LogP contribution is 2.26. The highest BCUT2D eigenvalue weighted by atomic mass is 16.5. The summed E-state index contributed by atoms with van der Waals surface area (Å²) in [7, 11) is 0. The summed E-state index contributed by atoms with van der Waals surface area (Å²) in [5.41, 5.74) is 1.04. The normalized spacial score (nSPS) is 17.5. The van der Waals surface area contributed by atoms with Gasteiger partial charge in [0.2, 0.25) is 5.91 Å². The zero-order valence-corrected chi connectivity index (χ0v) is 12.2. The van der Waals surface area contributed by atoms with Crippen molar-refractivity contribution in [1.82, 2.24) is 20.4 Å². The van der Waals surface area contributed by atoms with Gasteiger partial charge in [-0.25, -0.2) is 0 Å². The molecule has 1 atom stereocenters. The zero-order valence-electron chi connectivity index (χ0n) is 12.2. The van der Waals surface area contributed by atoms with Crippen LogP contribution in [0.3, 0.4) is 0 Å². The number of aromatic nitrogens is 3. The monoisotopic (exact) mass is 302 g/mol. The van der Waals surface area contributed by atoms with Gasteiger partial charge in [0.1, 0.15) is 6.10 Å². The Hall–Kier alpha value is -2.28. The number of hydrogen-bond acceptors (Lipinski definition) is 6. The van der Waals surface area contributed by atoms with E-state index in [-0.39, 0.29) is 18.6 Å². The molecular formula is C15H18N4O3. The van der Waals surface area contributed by atoms with Crippen LogP contribution in [0, 0.1) is 0 Å². The first kappa shape index (κ1) is 14.6. The summed E-state index contributed by atoms with van der Waals surface area (Å²) in [6.07, 6.45) is 6.36. The molecule has 7 nitrogen and oxygen atoms in total. The summed E-state index contributed by atoms with van der Waals surface area (Å²) in [5, 5.41) is 6.65. The van der Waals surface area contributed by atoms with Crippen LogP contribution in [-0.2, 0) is 22.5 Å². The molecule has 1 saturated heterocycles. The molecule has 7 heteroatoms. The summed E-state index contributed by atoms with van der Waals surface area (Å²) < 4.78 is 10.6. The fourth-order valence-corrected chi connectivity index (χ4v) is 2.31. The average molecular weight is 302 g/mol. The Morgan fingerprint density at radius 1 is 1.45 bits per heavy atom. The lowest BCUT2D eigenvalue weighted by Crippen LogP contribution is -2.23. The Balaban J connectivity index is 1.43. The number of rotatable bonds is 6. The molecule has 1 fully saturated rings. The molecule has 0 radical (unpaired) electrons. The van der Waals surface area contributed by atoms with Gasteiger partial charge in [-0.05, 0) is 30.9 Å². The highest BCUT2D eigenvalue weighted by molar-refractivity contribution is 5.76. The summed E-state index contributed by atoms with van der Waals surface area (Å²) in [6, 6.07) is 3.81. The van der Waals surface area contributed by atoms with E-state index in [0.717, 1.165) is 25.0 Å².